The molecule has 0 aliphatic rings. The third-order valence-corrected chi connectivity index (χ3v) is 5.91. The summed E-state index contributed by atoms with van der Waals surface area (Å²) < 4.78 is 12.8. The van der Waals surface area contributed by atoms with Crippen molar-refractivity contribution in [1.82, 2.24) is 19.9 Å². The number of carbonyl (C=O) groups is 1. The maximum atomic E-state index is 12.9. The first-order chi connectivity index (χ1) is 17.1. The van der Waals surface area contributed by atoms with Crippen molar-refractivity contribution in [3.8, 4) is 17.2 Å². The Morgan fingerprint density at radius 3 is 2.46 bits per heavy atom. The van der Waals surface area contributed by atoms with Crippen LogP contribution in [0.3, 0.4) is 0 Å². The lowest BCUT2D eigenvalue weighted by molar-refractivity contribution is 0.0944. The molecule has 1 amide bonds. The molecule has 0 aliphatic heterocycles. The number of nitrogens with zero attached hydrogens (tertiary/aromatic N) is 3. The SMILES string of the molecule is COc1ccc(-n2c3ccccc3c3c(N)nc(C(=O)NCCc4ccccc4)nc32)cc1OC. The Kier molecular flexibility index (Phi) is 5.93. The predicted octanol–water partition coefficient (Wildman–Crippen LogP) is 4.15. The highest BCUT2D eigenvalue weighted by atomic mass is 16.5. The third kappa shape index (κ3) is 4.10. The van der Waals surface area contributed by atoms with Gasteiger partial charge in [-0.25, -0.2) is 9.97 Å². The molecule has 0 saturated carbocycles. The minimum Gasteiger partial charge on any atom is -0.493 e. The molecular formula is C27H25N5O3. The van der Waals surface area contributed by atoms with E-state index in [1.807, 2.05) is 77.4 Å². The van der Waals surface area contributed by atoms with E-state index in [-0.39, 0.29) is 17.5 Å². The van der Waals surface area contributed by atoms with Gasteiger partial charge in [-0.15, -0.1) is 0 Å². The molecule has 0 spiro atoms. The van der Waals surface area contributed by atoms with E-state index in [9.17, 15) is 4.79 Å². The van der Waals surface area contributed by atoms with E-state index in [0.29, 0.717) is 35.5 Å². The second-order valence-electron chi connectivity index (χ2n) is 8.01. The molecule has 3 N–H and O–H groups in total. The normalized spacial score (nSPS) is 11.0. The van der Waals surface area contributed by atoms with Gasteiger partial charge in [-0.05, 0) is 30.2 Å². The number of amides is 1. The average molecular weight is 468 g/mol. The predicted molar refractivity (Wildman–Crippen MR) is 136 cm³/mol. The van der Waals surface area contributed by atoms with Crippen LogP contribution in [-0.2, 0) is 6.42 Å². The number of nitrogen functional groups attached to an aromatic ring is 1. The largest absolute Gasteiger partial charge is 0.493 e. The van der Waals surface area contributed by atoms with Crippen LogP contribution in [0.1, 0.15) is 16.2 Å². The van der Waals surface area contributed by atoms with E-state index in [1.165, 1.54) is 0 Å². The number of benzene rings is 3. The lowest BCUT2D eigenvalue weighted by atomic mass is 10.1. The quantitative estimate of drug-likeness (QED) is 0.373. The van der Waals surface area contributed by atoms with E-state index in [4.69, 9.17) is 15.2 Å². The van der Waals surface area contributed by atoms with Gasteiger partial charge in [0.05, 0.1) is 30.8 Å². The molecule has 0 atom stereocenters. The number of para-hydroxylation sites is 1. The van der Waals surface area contributed by atoms with Gasteiger partial charge in [0.25, 0.3) is 5.91 Å². The molecule has 176 valence electrons. The molecular weight excluding hydrogens is 442 g/mol. The van der Waals surface area contributed by atoms with E-state index in [1.54, 1.807) is 14.2 Å². The first kappa shape index (κ1) is 22.2. The lowest BCUT2D eigenvalue weighted by Crippen LogP contribution is -2.28. The van der Waals surface area contributed by atoms with Gasteiger partial charge in [0.15, 0.2) is 17.1 Å². The van der Waals surface area contributed by atoms with Gasteiger partial charge in [-0.2, -0.15) is 0 Å². The molecule has 3 aromatic carbocycles. The van der Waals surface area contributed by atoms with Crippen molar-refractivity contribution in [2.75, 3.05) is 26.5 Å². The maximum absolute atomic E-state index is 12.9. The number of carbonyl (C=O) groups excluding carboxylic acids is 1. The monoisotopic (exact) mass is 467 g/mol. The van der Waals surface area contributed by atoms with E-state index in [0.717, 1.165) is 22.2 Å². The zero-order chi connectivity index (χ0) is 24.4. The Bertz CT molecular complexity index is 1530. The fourth-order valence-electron chi connectivity index (χ4n) is 4.25. The second-order valence-corrected chi connectivity index (χ2v) is 8.01. The smallest absolute Gasteiger partial charge is 0.289 e. The Labute approximate surface area is 202 Å². The molecule has 2 heterocycles. The number of anilines is 1. The molecule has 0 bridgehead atoms. The average Bonchev–Trinajstić information content (AvgIpc) is 3.23. The highest BCUT2D eigenvalue weighted by Gasteiger charge is 2.21. The van der Waals surface area contributed by atoms with Gasteiger partial charge < -0.3 is 20.5 Å². The Balaban J connectivity index is 1.58. The molecule has 5 rings (SSSR count). The van der Waals surface area contributed by atoms with Crippen molar-refractivity contribution < 1.29 is 14.3 Å². The number of hydrogen-bond donors (Lipinski definition) is 2. The fourth-order valence-corrected chi connectivity index (χ4v) is 4.25. The first-order valence-electron chi connectivity index (χ1n) is 11.2. The van der Waals surface area contributed by atoms with Crippen molar-refractivity contribution in [3.05, 3.63) is 84.2 Å². The molecule has 0 unspecified atom stereocenters. The van der Waals surface area contributed by atoms with Gasteiger partial charge in [0.2, 0.25) is 5.82 Å². The van der Waals surface area contributed by atoms with Crippen molar-refractivity contribution in [2.45, 2.75) is 6.42 Å². The van der Waals surface area contributed by atoms with Crippen LogP contribution in [0.15, 0.2) is 72.8 Å². The number of rotatable bonds is 7. The summed E-state index contributed by atoms with van der Waals surface area (Å²) in [5, 5.41) is 4.49. The summed E-state index contributed by atoms with van der Waals surface area (Å²) in [6, 6.07) is 23.4. The molecule has 0 saturated heterocycles. The Morgan fingerprint density at radius 2 is 1.69 bits per heavy atom. The van der Waals surface area contributed by atoms with Crippen LogP contribution < -0.4 is 20.5 Å². The number of methoxy groups -OCH3 is 2. The summed E-state index contributed by atoms with van der Waals surface area (Å²) in [6.07, 6.45) is 0.705. The van der Waals surface area contributed by atoms with Crippen molar-refractivity contribution >= 4 is 33.7 Å². The van der Waals surface area contributed by atoms with Gasteiger partial charge in [-0.1, -0.05) is 48.5 Å². The van der Waals surface area contributed by atoms with Gasteiger partial charge >= 0.3 is 0 Å². The van der Waals surface area contributed by atoms with E-state index < -0.39 is 0 Å². The minimum atomic E-state index is -0.376. The van der Waals surface area contributed by atoms with Crippen LogP contribution in [0, 0.1) is 0 Å². The first-order valence-corrected chi connectivity index (χ1v) is 11.2. The molecule has 35 heavy (non-hydrogen) atoms. The van der Waals surface area contributed by atoms with Gasteiger partial charge in [0, 0.05) is 18.0 Å². The summed E-state index contributed by atoms with van der Waals surface area (Å²) in [4.78, 5) is 21.9. The second kappa shape index (κ2) is 9.34. The van der Waals surface area contributed by atoms with E-state index in [2.05, 4.69) is 15.3 Å². The van der Waals surface area contributed by atoms with Crippen molar-refractivity contribution in [2.24, 2.45) is 0 Å². The number of fused-ring (bicyclic) bond motifs is 3. The number of ether oxygens (including phenoxy) is 2. The molecule has 0 aliphatic carbocycles. The van der Waals surface area contributed by atoms with Gasteiger partial charge in [0.1, 0.15) is 5.82 Å². The fraction of sp³-hybridized carbons (Fsp3) is 0.148. The topological polar surface area (TPSA) is 104 Å². The Hall–Kier alpha value is -4.59. The molecule has 2 aromatic heterocycles. The van der Waals surface area contributed by atoms with Crippen LogP contribution in [0.4, 0.5) is 5.82 Å². The number of hydrogen-bond acceptors (Lipinski definition) is 6. The summed E-state index contributed by atoms with van der Waals surface area (Å²) in [5.74, 6) is 1.09. The molecule has 8 heteroatoms. The van der Waals surface area contributed by atoms with Crippen LogP contribution in [0.5, 0.6) is 11.5 Å². The minimum absolute atomic E-state index is 0.0209. The third-order valence-electron chi connectivity index (χ3n) is 5.91. The maximum Gasteiger partial charge on any atom is 0.289 e. The number of nitrogens with two attached hydrogens (primary N) is 1. The van der Waals surface area contributed by atoms with Crippen molar-refractivity contribution in [3.63, 3.8) is 0 Å². The van der Waals surface area contributed by atoms with Crippen molar-refractivity contribution in [1.29, 1.82) is 0 Å². The standard InChI is InChI=1S/C27H25N5O3/c1-34-21-13-12-18(16-22(21)35-2)32-20-11-7-6-10-19(20)23-24(28)30-25(31-26(23)32)27(33)29-15-14-17-8-4-3-5-9-17/h3-13,16H,14-15H2,1-2H3,(H,29,33)(H2,28,30,31). The lowest BCUT2D eigenvalue weighted by Gasteiger charge is -2.12. The van der Waals surface area contributed by atoms with Crippen LogP contribution in [-0.4, -0.2) is 41.2 Å². The molecule has 0 fully saturated rings. The van der Waals surface area contributed by atoms with E-state index >= 15 is 0 Å². The Morgan fingerprint density at radius 1 is 0.943 bits per heavy atom. The summed E-state index contributed by atoms with van der Waals surface area (Å²) >= 11 is 0. The van der Waals surface area contributed by atoms with Gasteiger partial charge in [-0.3, -0.25) is 9.36 Å². The highest BCUT2D eigenvalue weighted by Crippen LogP contribution is 2.36. The summed E-state index contributed by atoms with van der Waals surface area (Å²) in [6.45, 7) is 0.461. The van der Waals surface area contributed by atoms with Crippen LogP contribution in [0.2, 0.25) is 0 Å². The zero-order valence-corrected chi connectivity index (χ0v) is 19.5. The summed E-state index contributed by atoms with van der Waals surface area (Å²) in [5.41, 5.74) is 9.74. The molecule has 5 aromatic rings. The molecule has 8 nitrogen and oxygen atoms in total. The van der Waals surface area contributed by atoms with Crippen LogP contribution >= 0.6 is 0 Å². The summed E-state index contributed by atoms with van der Waals surface area (Å²) in [7, 11) is 3.18. The zero-order valence-electron chi connectivity index (χ0n) is 19.5. The van der Waals surface area contributed by atoms with Crippen LogP contribution in [0.25, 0.3) is 27.6 Å². The number of aromatic nitrogens is 3. The molecule has 0 radical (unpaired) electrons. The number of nitrogens with one attached hydrogen (secondary N) is 1. The highest BCUT2D eigenvalue weighted by molar-refractivity contribution is 6.13.